The van der Waals surface area contributed by atoms with E-state index in [-0.39, 0.29) is 36.2 Å². The van der Waals surface area contributed by atoms with Crippen molar-refractivity contribution in [1.29, 1.82) is 0 Å². The third-order valence-corrected chi connectivity index (χ3v) is 4.64. The number of piperidine rings is 1. The largest absolute Gasteiger partial charge is 0.460 e. The van der Waals surface area contributed by atoms with E-state index < -0.39 is 11.0 Å². The summed E-state index contributed by atoms with van der Waals surface area (Å²) in [6, 6.07) is 0.0830. The van der Waals surface area contributed by atoms with Gasteiger partial charge < -0.3 is 14.5 Å². The molecule has 0 aromatic carbocycles. The number of alkyl halides is 1. The van der Waals surface area contributed by atoms with Gasteiger partial charge >= 0.3 is 5.97 Å². The van der Waals surface area contributed by atoms with E-state index in [0.29, 0.717) is 19.6 Å². The van der Waals surface area contributed by atoms with Crippen molar-refractivity contribution in [3.8, 4) is 0 Å². The molecule has 2 unspecified atom stereocenters. The van der Waals surface area contributed by atoms with E-state index in [9.17, 15) is 14.4 Å². The Morgan fingerprint density at radius 3 is 2.33 bits per heavy atom. The van der Waals surface area contributed by atoms with E-state index in [1.54, 1.807) is 16.7 Å². The van der Waals surface area contributed by atoms with Crippen LogP contribution in [0.2, 0.25) is 0 Å². The highest BCUT2D eigenvalue weighted by Crippen LogP contribution is 2.27. The average Bonchev–Trinajstić information content (AvgIpc) is 2.87. The summed E-state index contributed by atoms with van der Waals surface area (Å²) in [5, 5.41) is -0.522. The lowest BCUT2D eigenvalue weighted by atomic mass is 10.0. The molecule has 2 aliphatic rings. The van der Waals surface area contributed by atoms with Gasteiger partial charge in [0.05, 0.1) is 5.92 Å². The molecule has 0 N–H and O–H groups in total. The molecule has 6 nitrogen and oxygen atoms in total. The molecular weight excluding hydrogens is 332 g/mol. The fourth-order valence-corrected chi connectivity index (χ4v) is 3.42. The maximum atomic E-state index is 12.3. The summed E-state index contributed by atoms with van der Waals surface area (Å²) in [5.74, 6) is -0.753. The van der Waals surface area contributed by atoms with Crippen LogP contribution in [-0.4, -0.2) is 64.2 Å². The smallest absolute Gasteiger partial charge is 0.311 e. The molecule has 0 saturated carbocycles. The van der Waals surface area contributed by atoms with E-state index >= 15 is 0 Å². The van der Waals surface area contributed by atoms with Gasteiger partial charge in [-0.1, -0.05) is 0 Å². The normalized spacial score (nSPS) is 24.2. The second-order valence-corrected chi connectivity index (χ2v) is 8.31. The Morgan fingerprint density at radius 1 is 1.25 bits per heavy atom. The first-order valence-electron chi connectivity index (χ1n) is 8.53. The van der Waals surface area contributed by atoms with Crippen molar-refractivity contribution in [2.45, 2.75) is 64.0 Å². The lowest BCUT2D eigenvalue weighted by molar-refractivity contribution is -0.159. The molecule has 2 rings (SSSR count). The number of nitrogens with zero attached hydrogens (tertiary/aromatic N) is 2. The molecule has 24 heavy (non-hydrogen) atoms. The van der Waals surface area contributed by atoms with Crippen LogP contribution in [0.5, 0.6) is 0 Å². The predicted molar refractivity (Wildman–Crippen MR) is 90.6 cm³/mol. The van der Waals surface area contributed by atoms with Gasteiger partial charge in [-0.15, -0.1) is 11.6 Å². The second kappa shape index (κ2) is 7.30. The van der Waals surface area contributed by atoms with Crippen molar-refractivity contribution < 1.29 is 19.1 Å². The van der Waals surface area contributed by atoms with Crippen molar-refractivity contribution in [3.63, 3.8) is 0 Å². The fourth-order valence-electron chi connectivity index (χ4n) is 3.28. The third kappa shape index (κ3) is 4.62. The molecule has 0 aromatic rings. The Labute approximate surface area is 148 Å². The lowest BCUT2D eigenvalue weighted by Crippen LogP contribution is -2.48. The highest BCUT2D eigenvalue weighted by atomic mass is 35.5. The van der Waals surface area contributed by atoms with Crippen LogP contribution in [-0.2, 0) is 19.1 Å². The Hall–Kier alpha value is -1.30. The third-order valence-electron chi connectivity index (χ3n) is 4.46. The molecule has 0 aromatic heterocycles. The Morgan fingerprint density at radius 2 is 1.83 bits per heavy atom. The number of hydrogen-bond donors (Lipinski definition) is 0. The van der Waals surface area contributed by atoms with Gasteiger partial charge in [0.1, 0.15) is 11.0 Å². The van der Waals surface area contributed by atoms with Gasteiger partial charge in [0.15, 0.2) is 0 Å². The summed E-state index contributed by atoms with van der Waals surface area (Å²) in [5.41, 5.74) is -0.544. The summed E-state index contributed by atoms with van der Waals surface area (Å²) >= 11 is 5.85. The quantitative estimate of drug-likeness (QED) is 0.570. The minimum Gasteiger partial charge on any atom is -0.460 e. The average molecular weight is 359 g/mol. The molecule has 2 atom stereocenters. The fraction of sp³-hybridized carbons (Fsp3) is 0.824. The molecule has 136 valence electrons. The number of esters is 1. The van der Waals surface area contributed by atoms with E-state index in [4.69, 9.17) is 16.3 Å². The number of ether oxygens (including phenoxy) is 1. The molecule has 0 aliphatic carbocycles. The minimum absolute atomic E-state index is 0.00125. The summed E-state index contributed by atoms with van der Waals surface area (Å²) < 4.78 is 5.40. The second-order valence-electron chi connectivity index (χ2n) is 7.65. The van der Waals surface area contributed by atoms with Crippen molar-refractivity contribution in [2.75, 3.05) is 19.6 Å². The zero-order valence-corrected chi connectivity index (χ0v) is 15.6. The Kier molecular flexibility index (Phi) is 5.78. The van der Waals surface area contributed by atoms with Crippen LogP contribution in [0.15, 0.2) is 0 Å². The van der Waals surface area contributed by atoms with Gasteiger partial charge in [-0.3, -0.25) is 14.4 Å². The topological polar surface area (TPSA) is 66.9 Å². The van der Waals surface area contributed by atoms with Crippen molar-refractivity contribution in [2.24, 2.45) is 5.92 Å². The van der Waals surface area contributed by atoms with Crippen LogP contribution in [0.1, 0.15) is 47.0 Å². The van der Waals surface area contributed by atoms with Gasteiger partial charge in [0.25, 0.3) is 0 Å². The van der Waals surface area contributed by atoms with Gasteiger partial charge in [-0.05, 0) is 40.5 Å². The monoisotopic (exact) mass is 358 g/mol. The Bertz CT molecular complexity index is 507. The maximum absolute atomic E-state index is 12.3. The Balaban J connectivity index is 1.89. The molecule has 0 radical (unpaired) electrons. The molecule has 0 bridgehead atoms. The molecule has 2 amide bonds. The molecule has 0 spiro atoms. The van der Waals surface area contributed by atoms with Crippen LogP contribution >= 0.6 is 11.6 Å². The van der Waals surface area contributed by atoms with Gasteiger partial charge in [-0.25, -0.2) is 0 Å². The zero-order valence-electron chi connectivity index (χ0n) is 14.9. The summed E-state index contributed by atoms with van der Waals surface area (Å²) in [7, 11) is 0. The number of hydrogen-bond acceptors (Lipinski definition) is 4. The first-order chi connectivity index (χ1) is 11.1. The lowest BCUT2D eigenvalue weighted by Gasteiger charge is -2.37. The number of amides is 2. The molecule has 2 aliphatic heterocycles. The highest BCUT2D eigenvalue weighted by Gasteiger charge is 2.41. The van der Waals surface area contributed by atoms with Crippen LogP contribution < -0.4 is 0 Å². The van der Waals surface area contributed by atoms with Crippen LogP contribution in [0.25, 0.3) is 0 Å². The SMILES string of the molecule is CC(Cl)C(=O)N1CCC(N2CC(C(=O)OC(C)(C)C)CC2=O)CC1. The summed E-state index contributed by atoms with van der Waals surface area (Å²) in [6.07, 6.45) is 1.66. The highest BCUT2D eigenvalue weighted by molar-refractivity contribution is 6.30. The first-order valence-corrected chi connectivity index (χ1v) is 8.97. The molecule has 2 fully saturated rings. The van der Waals surface area contributed by atoms with Crippen LogP contribution in [0, 0.1) is 5.92 Å². The zero-order chi connectivity index (χ0) is 18.1. The molecule has 2 heterocycles. The first kappa shape index (κ1) is 19.0. The number of likely N-dealkylation sites (tertiary alicyclic amines) is 2. The number of halogens is 1. The van der Waals surface area contributed by atoms with E-state index in [1.165, 1.54) is 0 Å². The molecule has 2 saturated heterocycles. The van der Waals surface area contributed by atoms with Crippen LogP contribution in [0.4, 0.5) is 0 Å². The number of carbonyl (C=O) groups is 3. The predicted octanol–water partition coefficient (Wildman–Crippen LogP) is 1.79. The van der Waals surface area contributed by atoms with Gasteiger partial charge in [0, 0.05) is 32.1 Å². The minimum atomic E-state index is -0.544. The van der Waals surface area contributed by atoms with Crippen molar-refractivity contribution >= 4 is 29.4 Å². The van der Waals surface area contributed by atoms with E-state index in [2.05, 4.69) is 0 Å². The van der Waals surface area contributed by atoms with Crippen LogP contribution in [0.3, 0.4) is 0 Å². The standard InChI is InChI=1S/C17H27ClN2O4/c1-11(18)15(22)19-7-5-13(6-8-19)20-10-12(9-14(20)21)16(23)24-17(2,3)4/h11-13H,5-10H2,1-4H3. The molecule has 7 heteroatoms. The van der Waals surface area contributed by atoms with E-state index in [0.717, 1.165) is 12.8 Å². The summed E-state index contributed by atoms with van der Waals surface area (Å²) in [6.45, 7) is 8.75. The number of carbonyl (C=O) groups excluding carboxylic acids is 3. The van der Waals surface area contributed by atoms with E-state index in [1.807, 2.05) is 20.8 Å². The van der Waals surface area contributed by atoms with Crippen molar-refractivity contribution in [3.05, 3.63) is 0 Å². The summed E-state index contributed by atoms with van der Waals surface area (Å²) in [4.78, 5) is 39.9. The molecular formula is C17H27ClN2O4. The van der Waals surface area contributed by atoms with Crippen molar-refractivity contribution in [1.82, 2.24) is 9.80 Å². The van der Waals surface area contributed by atoms with Gasteiger partial charge in [-0.2, -0.15) is 0 Å². The van der Waals surface area contributed by atoms with Gasteiger partial charge in [0.2, 0.25) is 11.8 Å². The number of rotatable bonds is 3. The maximum Gasteiger partial charge on any atom is 0.311 e.